The fraction of sp³-hybridized carbons (Fsp3) is 0.350. The van der Waals surface area contributed by atoms with Gasteiger partial charge < -0.3 is 24.7 Å². The van der Waals surface area contributed by atoms with Gasteiger partial charge in [0.25, 0.3) is 0 Å². The highest BCUT2D eigenvalue weighted by molar-refractivity contribution is 5.75. The van der Waals surface area contributed by atoms with E-state index >= 15 is 0 Å². The first-order valence-electron chi connectivity index (χ1n) is 9.43. The van der Waals surface area contributed by atoms with Crippen molar-refractivity contribution in [2.75, 3.05) is 44.2 Å². The minimum atomic E-state index is -0.850. The molecule has 1 saturated heterocycles. The van der Waals surface area contributed by atoms with Crippen molar-refractivity contribution in [3.63, 3.8) is 0 Å². The predicted octanol–water partition coefficient (Wildman–Crippen LogP) is 1.70. The standard InChI is InChI=1S/C20H22F2N4O3/c21-16-3-1-13(9-17(16)22)26-7-5-25(6-8-26)11-14(27)12-29-15-2-4-18-19(10-15)24-20(28)23-18/h1-4,9-10,14,27H,5-8,11-12H2,(H2,23,24,28)/t14-/m1/s1. The van der Waals surface area contributed by atoms with Crippen LogP contribution in [-0.2, 0) is 0 Å². The summed E-state index contributed by atoms with van der Waals surface area (Å²) in [6.07, 6.45) is -0.675. The number of H-pyrrole nitrogens is 2. The molecule has 1 atom stereocenters. The van der Waals surface area contributed by atoms with Crippen LogP contribution in [0.3, 0.4) is 0 Å². The van der Waals surface area contributed by atoms with E-state index in [-0.39, 0.29) is 12.3 Å². The zero-order chi connectivity index (χ0) is 20.4. The van der Waals surface area contributed by atoms with E-state index < -0.39 is 17.7 Å². The van der Waals surface area contributed by atoms with E-state index in [4.69, 9.17) is 4.74 Å². The van der Waals surface area contributed by atoms with Crippen LogP contribution in [0.4, 0.5) is 14.5 Å². The van der Waals surface area contributed by atoms with E-state index in [1.165, 1.54) is 6.07 Å². The summed E-state index contributed by atoms with van der Waals surface area (Å²) >= 11 is 0. The SMILES string of the molecule is O=c1[nH]c2ccc(OC[C@H](O)CN3CCN(c4ccc(F)c(F)c4)CC3)cc2[nH]1. The number of aliphatic hydroxyl groups is 1. The summed E-state index contributed by atoms with van der Waals surface area (Å²) in [6.45, 7) is 3.31. The van der Waals surface area contributed by atoms with Crippen LogP contribution in [0.2, 0.25) is 0 Å². The number of anilines is 1. The zero-order valence-electron chi connectivity index (χ0n) is 15.7. The highest BCUT2D eigenvalue weighted by Crippen LogP contribution is 2.20. The Morgan fingerprint density at radius 2 is 1.76 bits per heavy atom. The molecular formula is C20H22F2N4O3. The van der Waals surface area contributed by atoms with Crippen LogP contribution in [-0.4, -0.2) is 65.4 Å². The minimum Gasteiger partial charge on any atom is -0.491 e. The maximum absolute atomic E-state index is 13.4. The molecule has 1 aliphatic rings. The number of ether oxygens (including phenoxy) is 1. The molecule has 7 nitrogen and oxygen atoms in total. The van der Waals surface area contributed by atoms with Crippen LogP contribution in [0.5, 0.6) is 5.75 Å². The van der Waals surface area contributed by atoms with Gasteiger partial charge in [0, 0.05) is 50.5 Å². The highest BCUT2D eigenvalue weighted by atomic mass is 19.2. The van der Waals surface area contributed by atoms with Crippen molar-refractivity contribution >= 4 is 16.7 Å². The van der Waals surface area contributed by atoms with Gasteiger partial charge in [-0.05, 0) is 24.3 Å². The van der Waals surface area contributed by atoms with Crippen molar-refractivity contribution in [2.45, 2.75) is 6.10 Å². The Hall–Kier alpha value is -2.91. The first kappa shape index (κ1) is 19.4. The van der Waals surface area contributed by atoms with Gasteiger partial charge in [0.15, 0.2) is 11.6 Å². The largest absolute Gasteiger partial charge is 0.491 e. The second-order valence-corrected chi connectivity index (χ2v) is 7.14. The molecule has 154 valence electrons. The van der Waals surface area contributed by atoms with E-state index in [1.54, 1.807) is 24.3 Å². The molecule has 0 saturated carbocycles. The van der Waals surface area contributed by atoms with Crippen molar-refractivity contribution in [1.82, 2.24) is 14.9 Å². The van der Waals surface area contributed by atoms with Crippen molar-refractivity contribution in [2.24, 2.45) is 0 Å². The molecule has 0 unspecified atom stereocenters. The Morgan fingerprint density at radius 1 is 1.00 bits per heavy atom. The molecule has 2 aromatic carbocycles. The third-order valence-electron chi connectivity index (χ3n) is 5.04. The molecule has 1 aromatic heterocycles. The summed E-state index contributed by atoms with van der Waals surface area (Å²) in [5, 5.41) is 10.3. The number of β-amino-alcohol motifs (C(OH)–C–C–N with tert-alkyl or cyclic N) is 1. The monoisotopic (exact) mass is 404 g/mol. The summed E-state index contributed by atoms with van der Waals surface area (Å²) in [5.41, 5.74) is 1.72. The lowest BCUT2D eigenvalue weighted by Crippen LogP contribution is -2.49. The second kappa shape index (κ2) is 8.22. The minimum absolute atomic E-state index is 0.129. The number of piperazine rings is 1. The normalized spacial score (nSPS) is 16.3. The number of aromatic amines is 2. The van der Waals surface area contributed by atoms with Gasteiger partial charge in [-0.15, -0.1) is 0 Å². The molecule has 0 aliphatic carbocycles. The number of aliphatic hydroxyl groups excluding tert-OH is 1. The summed E-state index contributed by atoms with van der Waals surface area (Å²) in [4.78, 5) is 20.7. The van der Waals surface area contributed by atoms with Crippen LogP contribution >= 0.6 is 0 Å². The van der Waals surface area contributed by atoms with Gasteiger partial charge in [-0.3, -0.25) is 4.90 Å². The average molecular weight is 404 g/mol. The maximum atomic E-state index is 13.4. The zero-order valence-corrected chi connectivity index (χ0v) is 15.7. The van der Waals surface area contributed by atoms with E-state index in [0.717, 1.165) is 6.07 Å². The smallest absolute Gasteiger partial charge is 0.323 e. The molecular weight excluding hydrogens is 382 g/mol. The molecule has 9 heteroatoms. The van der Waals surface area contributed by atoms with Crippen LogP contribution in [0.25, 0.3) is 11.0 Å². The van der Waals surface area contributed by atoms with E-state index in [1.807, 2.05) is 4.90 Å². The number of hydrogen-bond acceptors (Lipinski definition) is 5. The van der Waals surface area contributed by atoms with Gasteiger partial charge in [0.05, 0.1) is 11.0 Å². The number of hydrogen-bond donors (Lipinski definition) is 3. The molecule has 1 fully saturated rings. The number of benzene rings is 2. The molecule has 3 aromatic rings. The highest BCUT2D eigenvalue weighted by Gasteiger charge is 2.20. The van der Waals surface area contributed by atoms with E-state index in [0.29, 0.717) is 55.2 Å². The van der Waals surface area contributed by atoms with Crippen molar-refractivity contribution in [3.05, 3.63) is 58.5 Å². The molecule has 0 radical (unpaired) electrons. The molecule has 2 heterocycles. The van der Waals surface area contributed by atoms with Gasteiger partial charge in [0.2, 0.25) is 0 Å². The van der Waals surface area contributed by atoms with Gasteiger partial charge in [0.1, 0.15) is 18.5 Å². The van der Waals surface area contributed by atoms with Gasteiger partial charge in [-0.1, -0.05) is 0 Å². The lowest BCUT2D eigenvalue weighted by atomic mass is 10.2. The van der Waals surface area contributed by atoms with E-state index in [9.17, 15) is 18.7 Å². The lowest BCUT2D eigenvalue weighted by Gasteiger charge is -2.36. The van der Waals surface area contributed by atoms with Crippen LogP contribution in [0.1, 0.15) is 0 Å². The van der Waals surface area contributed by atoms with Gasteiger partial charge >= 0.3 is 5.69 Å². The lowest BCUT2D eigenvalue weighted by molar-refractivity contribution is 0.0663. The molecule has 4 rings (SSSR count). The van der Waals surface area contributed by atoms with Crippen LogP contribution in [0, 0.1) is 11.6 Å². The number of imidazole rings is 1. The number of fused-ring (bicyclic) bond motifs is 1. The fourth-order valence-corrected chi connectivity index (χ4v) is 3.51. The van der Waals surface area contributed by atoms with Crippen LogP contribution < -0.4 is 15.3 Å². The van der Waals surface area contributed by atoms with Gasteiger partial charge in [-0.2, -0.15) is 0 Å². The van der Waals surface area contributed by atoms with Crippen LogP contribution in [0.15, 0.2) is 41.2 Å². The first-order valence-corrected chi connectivity index (χ1v) is 9.43. The number of halogens is 2. The third-order valence-corrected chi connectivity index (χ3v) is 5.04. The third kappa shape index (κ3) is 4.57. The maximum Gasteiger partial charge on any atom is 0.323 e. The molecule has 0 bridgehead atoms. The number of nitrogens with zero attached hydrogens (tertiary/aromatic N) is 2. The molecule has 0 spiro atoms. The summed E-state index contributed by atoms with van der Waals surface area (Å²) in [6, 6.07) is 9.11. The Balaban J connectivity index is 1.25. The summed E-state index contributed by atoms with van der Waals surface area (Å²) < 4.78 is 32.1. The Morgan fingerprint density at radius 3 is 2.52 bits per heavy atom. The number of aromatic nitrogens is 2. The molecule has 0 amide bonds. The topological polar surface area (TPSA) is 84.6 Å². The second-order valence-electron chi connectivity index (χ2n) is 7.14. The summed E-state index contributed by atoms with van der Waals surface area (Å²) in [7, 11) is 0. The predicted molar refractivity (Wildman–Crippen MR) is 105 cm³/mol. The Bertz CT molecular complexity index is 1040. The van der Waals surface area contributed by atoms with Crippen molar-refractivity contribution in [1.29, 1.82) is 0 Å². The van der Waals surface area contributed by atoms with E-state index in [2.05, 4.69) is 14.9 Å². The summed E-state index contributed by atoms with van der Waals surface area (Å²) in [5.74, 6) is -1.13. The molecule has 3 N–H and O–H groups in total. The van der Waals surface area contributed by atoms with Crippen molar-refractivity contribution < 1.29 is 18.6 Å². The Labute approximate surface area is 165 Å². The molecule has 1 aliphatic heterocycles. The van der Waals surface area contributed by atoms with Gasteiger partial charge in [-0.25, -0.2) is 13.6 Å². The Kier molecular flexibility index (Phi) is 5.50. The first-order chi connectivity index (χ1) is 14.0. The quantitative estimate of drug-likeness (QED) is 0.582. The molecule has 29 heavy (non-hydrogen) atoms. The number of nitrogens with one attached hydrogen (secondary N) is 2. The average Bonchev–Trinajstić information content (AvgIpc) is 3.08. The fourth-order valence-electron chi connectivity index (χ4n) is 3.51. The van der Waals surface area contributed by atoms with Crippen molar-refractivity contribution in [3.8, 4) is 5.75 Å². The number of rotatable bonds is 6.